The van der Waals surface area contributed by atoms with Crippen molar-refractivity contribution >= 4 is 17.5 Å². The fourth-order valence-corrected chi connectivity index (χ4v) is 3.27. The van der Waals surface area contributed by atoms with Gasteiger partial charge in [0, 0.05) is 38.8 Å². The number of carbonyl (C=O) groups excluding carboxylic acids is 1. The first-order chi connectivity index (χ1) is 11.5. The van der Waals surface area contributed by atoms with Gasteiger partial charge < -0.3 is 4.90 Å². The smallest absolute Gasteiger partial charge is 0.337 e. The molecule has 1 aliphatic heterocycles. The van der Waals surface area contributed by atoms with Crippen LogP contribution in [-0.2, 0) is 13.6 Å². The fourth-order valence-electron chi connectivity index (χ4n) is 3.16. The fraction of sp³-hybridized carbons (Fsp3) is 0.500. The summed E-state index contributed by atoms with van der Waals surface area (Å²) in [5.41, 5.74) is 0.268. The molecule has 1 fully saturated rings. The lowest BCUT2D eigenvalue weighted by Crippen LogP contribution is -2.40. The summed E-state index contributed by atoms with van der Waals surface area (Å²) in [5, 5.41) is 4.88. The number of likely N-dealkylation sites (tertiary alicyclic amines) is 1. The lowest BCUT2D eigenvalue weighted by molar-refractivity contribution is 0.0697. The van der Waals surface area contributed by atoms with Crippen LogP contribution in [0, 0.1) is 0 Å². The minimum Gasteiger partial charge on any atom is -0.337 e. The van der Waals surface area contributed by atoms with Crippen molar-refractivity contribution in [2.75, 3.05) is 13.1 Å². The number of carbonyl (C=O) groups is 1. The predicted molar refractivity (Wildman–Crippen MR) is 90.3 cm³/mol. The van der Waals surface area contributed by atoms with E-state index >= 15 is 0 Å². The molecule has 7 nitrogen and oxygen atoms in total. The molecule has 1 amide bonds. The van der Waals surface area contributed by atoms with Gasteiger partial charge >= 0.3 is 5.69 Å². The number of nitrogens with zero attached hydrogens (tertiary/aromatic N) is 5. The molecule has 0 unspecified atom stereocenters. The molecule has 0 spiro atoms. The first-order valence-corrected chi connectivity index (χ1v) is 8.43. The Morgan fingerprint density at radius 1 is 1.42 bits per heavy atom. The topological polar surface area (TPSA) is 73.0 Å². The van der Waals surface area contributed by atoms with Crippen LogP contribution in [-0.4, -0.2) is 43.2 Å². The molecule has 1 saturated heterocycles. The van der Waals surface area contributed by atoms with Crippen LogP contribution in [0.3, 0.4) is 0 Å². The summed E-state index contributed by atoms with van der Waals surface area (Å²) in [5.74, 6) is 0.702. The van der Waals surface area contributed by atoms with Gasteiger partial charge in [-0.3, -0.25) is 9.36 Å². The van der Waals surface area contributed by atoms with Gasteiger partial charge in [0.05, 0.1) is 5.02 Å². The molecule has 0 saturated carbocycles. The van der Waals surface area contributed by atoms with Crippen LogP contribution in [0.4, 0.5) is 0 Å². The molecule has 0 aliphatic carbocycles. The van der Waals surface area contributed by atoms with Gasteiger partial charge in [-0.25, -0.2) is 14.5 Å². The number of amides is 1. The highest BCUT2D eigenvalue weighted by atomic mass is 35.5. The summed E-state index contributed by atoms with van der Waals surface area (Å²) >= 11 is 5.83. The van der Waals surface area contributed by atoms with Gasteiger partial charge in [-0.15, -0.1) is 0 Å². The lowest BCUT2D eigenvalue weighted by Gasteiger charge is -2.32. The Hall–Kier alpha value is -2.15. The first-order valence-electron chi connectivity index (χ1n) is 8.05. The predicted octanol–water partition coefficient (Wildman–Crippen LogP) is 1.67. The number of aromatic nitrogens is 4. The molecule has 1 aliphatic rings. The van der Waals surface area contributed by atoms with Gasteiger partial charge in [-0.1, -0.05) is 11.6 Å². The molecule has 3 rings (SSSR count). The molecule has 1 atom stereocenters. The van der Waals surface area contributed by atoms with Crippen molar-refractivity contribution in [3.63, 3.8) is 0 Å². The minimum atomic E-state index is -0.115. The Morgan fingerprint density at radius 3 is 2.88 bits per heavy atom. The van der Waals surface area contributed by atoms with E-state index in [1.165, 1.54) is 10.9 Å². The van der Waals surface area contributed by atoms with Crippen LogP contribution in [0.15, 0.2) is 23.1 Å². The largest absolute Gasteiger partial charge is 0.345 e. The Morgan fingerprint density at radius 2 is 2.21 bits per heavy atom. The highest BCUT2D eigenvalue weighted by molar-refractivity contribution is 6.30. The Bertz CT molecular complexity index is 796. The van der Waals surface area contributed by atoms with Crippen LogP contribution in [0.5, 0.6) is 0 Å². The molecule has 0 radical (unpaired) electrons. The van der Waals surface area contributed by atoms with Crippen molar-refractivity contribution in [1.82, 2.24) is 24.2 Å². The number of aryl methyl sites for hydroxylation is 1. The monoisotopic (exact) mass is 349 g/mol. The highest BCUT2D eigenvalue weighted by Gasteiger charge is 2.29. The molecular formula is C16H20ClN5O2. The van der Waals surface area contributed by atoms with Crippen molar-refractivity contribution in [2.24, 2.45) is 7.05 Å². The summed E-state index contributed by atoms with van der Waals surface area (Å²) < 4.78 is 3.04. The van der Waals surface area contributed by atoms with E-state index in [9.17, 15) is 9.59 Å². The normalized spacial score (nSPS) is 18.0. The van der Waals surface area contributed by atoms with E-state index in [0.717, 1.165) is 18.7 Å². The van der Waals surface area contributed by atoms with Gasteiger partial charge in [-0.2, -0.15) is 5.10 Å². The summed E-state index contributed by atoms with van der Waals surface area (Å²) in [7, 11) is 1.65. The third kappa shape index (κ3) is 3.08. The number of rotatable bonds is 3. The van der Waals surface area contributed by atoms with Crippen LogP contribution in [0.2, 0.25) is 5.02 Å². The molecule has 0 aromatic carbocycles. The van der Waals surface area contributed by atoms with Gasteiger partial charge in [0.2, 0.25) is 0 Å². The van der Waals surface area contributed by atoms with Crippen molar-refractivity contribution in [3.05, 3.63) is 45.4 Å². The zero-order valence-electron chi connectivity index (χ0n) is 13.8. The number of pyridine rings is 1. The van der Waals surface area contributed by atoms with E-state index in [4.69, 9.17) is 11.6 Å². The molecular weight excluding hydrogens is 330 g/mol. The van der Waals surface area contributed by atoms with Gasteiger partial charge in [0.25, 0.3) is 5.91 Å². The molecule has 3 heterocycles. The second kappa shape index (κ2) is 6.76. The van der Waals surface area contributed by atoms with Crippen LogP contribution in [0.25, 0.3) is 0 Å². The third-order valence-electron chi connectivity index (χ3n) is 4.37. The maximum atomic E-state index is 12.6. The van der Waals surface area contributed by atoms with Gasteiger partial charge in [-0.05, 0) is 31.9 Å². The molecule has 2 aromatic rings. The molecule has 8 heteroatoms. The van der Waals surface area contributed by atoms with Crippen molar-refractivity contribution in [3.8, 4) is 0 Å². The molecule has 2 aromatic heterocycles. The SMILES string of the molecule is CCn1c([C@H]2CCCN(C(=O)c3ccc(Cl)cn3)C2)nn(C)c1=O. The zero-order valence-corrected chi connectivity index (χ0v) is 14.5. The van der Waals surface area contributed by atoms with Crippen molar-refractivity contribution in [1.29, 1.82) is 0 Å². The second-order valence-corrected chi connectivity index (χ2v) is 6.40. The maximum Gasteiger partial charge on any atom is 0.345 e. The first kappa shape index (κ1) is 16.7. The second-order valence-electron chi connectivity index (χ2n) is 5.96. The van der Waals surface area contributed by atoms with E-state index in [0.29, 0.717) is 30.4 Å². The van der Waals surface area contributed by atoms with Gasteiger partial charge in [0.1, 0.15) is 11.5 Å². The van der Waals surface area contributed by atoms with E-state index < -0.39 is 0 Å². The van der Waals surface area contributed by atoms with E-state index in [1.807, 2.05) is 6.92 Å². The highest BCUT2D eigenvalue weighted by Crippen LogP contribution is 2.26. The Kier molecular flexibility index (Phi) is 4.71. The molecule has 0 N–H and O–H groups in total. The number of hydrogen-bond donors (Lipinski definition) is 0. The standard InChI is InChI=1S/C16H20ClN5O2/c1-3-22-14(19-20(2)16(22)24)11-5-4-8-21(10-11)15(23)13-7-6-12(17)9-18-13/h6-7,9,11H,3-5,8,10H2,1-2H3/t11-/m0/s1. The van der Waals surface area contributed by atoms with Crippen LogP contribution >= 0.6 is 11.6 Å². The van der Waals surface area contributed by atoms with Crippen molar-refractivity contribution < 1.29 is 4.79 Å². The molecule has 0 bridgehead atoms. The quantitative estimate of drug-likeness (QED) is 0.845. The third-order valence-corrected chi connectivity index (χ3v) is 4.60. The average Bonchev–Trinajstić information content (AvgIpc) is 2.89. The number of halogens is 1. The maximum absolute atomic E-state index is 12.6. The van der Waals surface area contributed by atoms with Crippen LogP contribution in [0.1, 0.15) is 42.0 Å². The van der Waals surface area contributed by atoms with Crippen LogP contribution < -0.4 is 5.69 Å². The lowest BCUT2D eigenvalue weighted by atomic mass is 9.96. The van der Waals surface area contributed by atoms with E-state index in [-0.39, 0.29) is 17.5 Å². The Labute approximate surface area is 144 Å². The number of hydrogen-bond acceptors (Lipinski definition) is 4. The summed E-state index contributed by atoms with van der Waals surface area (Å²) in [4.78, 5) is 30.6. The Balaban J connectivity index is 1.82. The minimum absolute atomic E-state index is 0.0591. The molecule has 128 valence electrons. The van der Waals surface area contributed by atoms with Crippen molar-refractivity contribution in [2.45, 2.75) is 32.2 Å². The zero-order chi connectivity index (χ0) is 17.3. The number of piperidine rings is 1. The average molecular weight is 350 g/mol. The molecule has 24 heavy (non-hydrogen) atoms. The summed E-state index contributed by atoms with van der Waals surface area (Å²) in [6.07, 6.45) is 3.26. The summed E-state index contributed by atoms with van der Waals surface area (Å²) in [6.45, 7) is 3.73. The van der Waals surface area contributed by atoms with E-state index in [2.05, 4.69) is 10.1 Å². The van der Waals surface area contributed by atoms with E-state index in [1.54, 1.807) is 28.6 Å². The summed E-state index contributed by atoms with van der Waals surface area (Å²) in [6, 6.07) is 3.30. The van der Waals surface area contributed by atoms with Gasteiger partial charge in [0.15, 0.2) is 0 Å².